The Balaban J connectivity index is 4.47. The fourth-order valence-electron chi connectivity index (χ4n) is 0.694. The monoisotopic (exact) mass is 197 g/mol. The number of amides is 1. The Morgan fingerprint density at radius 3 is 2.07 bits per heavy atom. The first-order chi connectivity index (χ1) is 6.36. The fourth-order valence-corrected chi connectivity index (χ4v) is 0.694. The maximum Gasteiger partial charge on any atom is 0.331 e. The van der Waals surface area contributed by atoms with Crippen molar-refractivity contribution in [2.75, 3.05) is 6.54 Å². The van der Waals surface area contributed by atoms with Crippen LogP contribution in [0.3, 0.4) is 0 Å². The van der Waals surface area contributed by atoms with Crippen LogP contribution in [0.25, 0.3) is 0 Å². The van der Waals surface area contributed by atoms with Gasteiger partial charge in [-0.25, -0.2) is 4.79 Å². The minimum absolute atomic E-state index is 0.0595. The maximum absolute atomic E-state index is 11.3. The van der Waals surface area contributed by atoms with Crippen molar-refractivity contribution < 1.29 is 14.7 Å². The van der Waals surface area contributed by atoms with Crippen LogP contribution in [-0.4, -0.2) is 23.5 Å². The molecule has 0 bridgehead atoms. The molecular weight excluding hydrogens is 182 g/mol. The zero-order valence-electron chi connectivity index (χ0n) is 8.68. The van der Waals surface area contributed by atoms with E-state index in [1.807, 2.05) is 0 Å². The van der Waals surface area contributed by atoms with E-state index in [1.165, 1.54) is 13.8 Å². The number of nitrogens with one attached hydrogen (secondary N) is 1. The van der Waals surface area contributed by atoms with Crippen LogP contribution in [0.5, 0.6) is 0 Å². The van der Waals surface area contributed by atoms with Crippen molar-refractivity contribution in [3.8, 4) is 0 Å². The van der Waals surface area contributed by atoms with E-state index in [9.17, 15) is 9.59 Å². The quantitative estimate of drug-likeness (QED) is 0.524. The van der Waals surface area contributed by atoms with Gasteiger partial charge in [0.05, 0.1) is 0 Å². The minimum atomic E-state index is -1.08. The summed E-state index contributed by atoms with van der Waals surface area (Å²) in [6.07, 6.45) is 0. The predicted octanol–water partition coefficient (Wildman–Crippen LogP) is 1.10. The lowest BCUT2D eigenvalue weighted by Crippen LogP contribution is -2.26. The minimum Gasteiger partial charge on any atom is -0.478 e. The van der Waals surface area contributed by atoms with Crippen LogP contribution in [0, 0.1) is 0 Å². The Bertz CT molecular complexity index is 302. The highest BCUT2D eigenvalue weighted by molar-refractivity contribution is 6.01. The summed E-state index contributed by atoms with van der Waals surface area (Å²) in [5, 5.41) is 11.2. The number of carbonyl (C=O) groups excluding carboxylic acids is 1. The van der Waals surface area contributed by atoms with E-state index >= 15 is 0 Å². The molecule has 0 saturated heterocycles. The van der Waals surface area contributed by atoms with Crippen molar-refractivity contribution in [3.05, 3.63) is 23.3 Å². The summed E-state index contributed by atoms with van der Waals surface area (Å²) < 4.78 is 0. The lowest BCUT2D eigenvalue weighted by molar-refractivity contribution is -0.133. The maximum atomic E-state index is 11.3. The van der Waals surface area contributed by atoms with Crippen LogP contribution < -0.4 is 5.32 Å². The third-order valence-corrected chi connectivity index (χ3v) is 1.77. The van der Waals surface area contributed by atoms with Crippen LogP contribution in [-0.2, 0) is 9.59 Å². The first-order valence-electron chi connectivity index (χ1n) is 4.19. The number of hydrogen-bond donors (Lipinski definition) is 2. The van der Waals surface area contributed by atoms with Gasteiger partial charge in [-0.1, -0.05) is 12.2 Å². The van der Waals surface area contributed by atoms with Crippen LogP contribution in [0.1, 0.15) is 20.8 Å². The molecule has 0 saturated carbocycles. The van der Waals surface area contributed by atoms with Crippen LogP contribution in [0.4, 0.5) is 0 Å². The molecule has 0 aliphatic heterocycles. The van der Waals surface area contributed by atoms with E-state index in [2.05, 4.69) is 11.9 Å². The second-order valence-electron chi connectivity index (χ2n) is 3.19. The molecule has 0 aromatic carbocycles. The number of carbonyl (C=O) groups is 2. The van der Waals surface area contributed by atoms with Gasteiger partial charge >= 0.3 is 5.97 Å². The SMILES string of the molecule is C=C(C)CNC(=O)C(C)=C(C)C(=O)O. The molecule has 78 valence electrons. The summed E-state index contributed by atoms with van der Waals surface area (Å²) in [5.74, 6) is -1.44. The van der Waals surface area contributed by atoms with Crippen molar-refractivity contribution in [2.45, 2.75) is 20.8 Å². The Morgan fingerprint density at radius 1 is 1.21 bits per heavy atom. The van der Waals surface area contributed by atoms with E-state index < -0.39 is 5.97 Å². The second kappa shape index (κ2) is 5.21. The van der Waals surface area contributed by atoms with Gasteiger partial charge in [-0.05, 0) is 20.8 Å². The van der Waals surface area contributed by atoms with Crippen molar-refractivity contribution in [3.63, 3.8) is 0 Å². The fraction of sp³-hybridized carbons (Fsp3) is 0.400. The Hall–Kier alpha value is -1.58. The first-order valence-corrected chi connectivity index (χ1v) is 4.19. The van der Waals surface area contributed by atoms with Gasteiger partial charge in [-0.2, -0.15) is 0 Å². The summed E-state index contributed by atoms with van der Waals surface area (Å²) in [7, 11) is 0. The summed E-state index contributed by atoms with van der Waals surface area (Å²) in [6.45, 7) is 8.65. The summed E-state index contributed by atoms with van der Waals surface area (Å²) in [5.41, 5.74) is 1.10. The lowest BCUT2D eigenvalue weighted by atomic mass is 10.1. The molecule has 0 unspecified atom stereocenters. The molecule has 0 heterocycles. The molecule has 4 nitrogen and oxygen atoms in total. The zero-order chi connectivity index (χ0) is 11.3. The Labute approximate surface area is 83.3 Å². The molecular formula is C10H15NO3. The molecule has 14 heavy (non-hydrogen) atoms. The lowest BCUT2D eigenvalue weighted by Gasteiger charge is -2.06. The Morgan fingerprint density at radius 2 is 1.71 bits per heavy atom. The third kappa shape index (κ3) is 3.89. The van der Waals surface area contributed by atoms with Gasteiger partial charge in [0.2, 0.25) is 5.91 Å². The normalized spacial score (nSPS) is 11.6. The van der Waals surface area contributed by atoms with Gasteiger partial charge in [0.15, 0.2) is 0 Å². The average Bonchev–Trinajstić information content (AvgIpc) is 2.11. The van der Waals surface area contributed by atoms with E-state index in [1.54, 1.807) is 6.92 Å². The number of carboxylic acid groups (broad SMARTS) is 1. The molecule has 0 aromatic rings. The zero-order valence-corrected chi connectivity index (χ0v) is 8.68. The van der Waals surface area contributed by atoms with E-state index in [4.69, 9.17) is 5.11 Å². The topological polar surface area (TPSA) is 66.4 Å². The van der Waals surface area contributed by atoms with Crippen LogP contribution >= 0.6 is 0 Å². The van der Waals surface area contributed by atoms with Crippen molar-refractivity contribution in [1.29, 1.82) is 0 Å². The largest absolute Gasteiger partial charge is 0.478 e. The highest BCUT2D eigenvalue weighted by atomic mass is 16.4. The molecule has 0 atom stereocenters. The van der Waals surface area contributed by atoms with E-state index in [0.717, 1.165) is 5.57 Å². The summed E-state index contributed by atoms with van der Waals surface area (Å²) >= 11 is 0. The molecule has 0 radical (unpaired) electrons. The molecule has 4 heteroatoms. The highest BCUT2D eigenvalue weighted by Crippen LogP contribution is 2.03. The third-order valence-electron chi connectivity index (χ3n) is 1.77. The van der Waals surface area contributed by atoms with Gasteiger partial charge in [-0.3, -0.25) is 4.79 Å². The standard InChI is InChI=1S/C10H15NO3/c1-6(2)5-11-9(12)7(3)8(4)10(13)14/h1,5H2,2-4H3,(H,11,12)(H,13,14). The molecule has 2 N–H and O–H groups in total. The smallest absolute Gasteiger partial charge is 0.331 e. The molecule has 1 amide bonds. The molecule has 0 aliphatic rings. The predicted molar refractivity (Wildman–Crippen MR) is 53.8 cm³/mol. The molecule has 0 rings (SSSR count). The van der Waals surface area contributed by atoms with Crippen LogP contribution in [0.2, 0.25) is 0 Å². The van der Waals surface area contributed by atoms with Gasteiger partial charge in [0.1, 0.15) is 0 Å². The molecule has 0 spiro atoms. The Kier molecular flexibility index (Phi) is 4.63. The summed E-state index contributed by atoms with van der Waals surface area (Å²) in [6, 6.07) is 0. The van der Waals surface area contributed by atoms with Crippen molar-refractivity contribution in [1.82, 2.24) is 5.32 Å². The first kappa shape index (κ1) is 12.4. The van der Waals surface area contributed by atoms with E-state index in [-0.39, 0.29) is 17.1 Å². The van der Waals surface area contributed by atoms with Gasteiger partial charge in [0.25, 0.3) is 0 Å². The highest BCUT2D eigenvalue weighted by Gasteiger charge is 2.11. The number of carboxylic acids is 1. The van der Waals surface area contributed by atoms with Gasteiger partial charge in [-0.15, -0.1) is 0 Å². The molecule has 0 fully saturated rings. The van der Waals surface area contributed by atoms with E-state index in [0.29, 0.717) is 6.54 Å². The van der Waals surface area contributed by atoms with Crippen molar-refractivity contribution >= 4 is 11.9 Å². The molecule has 0 aliphatic carbocycles. The van der Waals surface area contributed by atoms with Gasteiger partial charge in [0, 0.05) is 17.7 Å². The van der Waals surface area contributed by atoms with Gasteiger partial charge < -0.3 is 10.4 Å². The van der Waals surface area contributed by atoms with Crippen molar-refractivity contribution in [2.24, 2.45) is 0 Å². The van der Waals surface area contributed by atoms with Crippen LogP contribution in [0.15, 0.2) is 23.3 Å². The number of aliphatic carboxylic acids is 1. The molecule has 0 aromatic heterocycles. The average molecular weight is 197 g/mol. The second-order valence-corrected chi connectivity index (χ2v) is 3.19. The number of hydrogen-bond acceptors (Lipinski definition) is 2. The number of rotatable bonds is 4. The summed E-state index contributed by atoms with van der Waals surface area (Å²) in [4.78, 5) is 21.8.